The lowest BCUT2D eigenvalue weighted by molar-refractivity contribution is 0.000736. The van der Waals surface area contributed by atoms with Crippen molar-refractivity contribution in [2.45, 2.75) is 39.3 Å². The molecule has 0 fully saturated rings. The molecule has 0 saturated carbocycles. The highest BCUT2D eigenvalue weighted by Crippen LogP contribution is 2.29. The fourth-order valence-corrected chi connectivity index (χ4v) is 3.39. The van der Waals surface area contributed by atoms with Gasteiger partial charge >= 0.3 is 0 Å². The molecule has 0 spiro atoms. The minimum Gasteiger partial charge on any atom is -0.491 e. The van der Waals surface area contributed by atoms with Gasteiger partial charge in [0.05, 0.1) is 31.6 Å². The van der Waals surface area contributed by atoms with E-state index in [4.69, 9.17) is 9.15 Å². The molecule has 11 heteroatoms. The molecule has 33 heavy (non-hydrogen) atoms. The summed E-state index contributed by atoms with van der Waals surface area (Å²) in [6.45, 7) is 2.96. The standard InChI is InChI=1S/C22H21F2N5O4/c1-13-7-14(26-8-18(13)33-6-4-22(2,23)24)9-29-10-16-15(21(29)31)3-5-25-19(16)28-20(30)17-11-32-12-27-17/h3,5,7-8,11-12H,4,6,9-10H2,1-2H3,(H,25,28,30). The van der Waals surface area contributed by atoms with E-state index < -0.39 is 18.3 Å². The Morgan fingerprint density at radius 1 is 1.33 bits per heavy atom. The lowest BCUT2D eigenvalue weighted by Gasteiger charge is -2.17. The highest BCUT2D eigenvalue weighted by atomic mass is 19.3. The van der Waals surface area contributed by atoms with Crippen LogP contribution in [0.1, 0.15) is 51.0 Å². The van der Waals surface area contributed by atoms with Gasteiger partial charge < -0.3 is 19.4 Å². The Labute approximate surface area is 187 Å². The lowest BCUT2D eigenvalue weighted by atomic mass is 10.1. The zero-order valence-corrected chi connectivity index (χ0v) is 18.0. The summed E-state index contributed by atoms with van der Waals surface area (Å²) in [5.41, 5.74) is 2.48. The van der Waals surface area contributed by atoms with E-state index in [-0.39, 0.29) is 37.1 Å². The predicted molar refractivity (Wildman–Crippen MR) is 112 cm³/mol. The smallest absolute Gasteiger partial charge is 0.278 e. The molecule has 1 aliphatic rings. The number of oxazole rings is 1. The van der Waals surface area contributed by atoms with E-state index in [9.17, 15) is 18.4 Å². The number of fused-ring (bicyclic) bond motifs is 1. The van der Waals surface area contributed by atoms with Gasteiger partial charge in [0.15, 0.2) is 12.1 Å². The normalized spacial score (nSPS) is 13.2. The van der Waals surface area contributed by atoms with E-state index >= 15 is 0 Å². The highest BCUT2D eigenvalue weighted by Gasteiger charge is 2.31. The van der Waals surface area contributed by atoms with E-state index in [1.807, 2.05) is 0 Å². The summed E-state index contributed by atoms with van der Waals surface area (Å²) in [5.74, 6) is -2.81. The first-order chi connectivity index (χ1) is 15.7. The largest absolute Gasteiger partial charge is 0.491 e. The molecule has 0 aliphatic carbocycles. The predicted octanol–water partition coefficient (Wildman–Crippen LogP) is 3.61. The summed E-state index contributed by atoms with van der Waals surface area (Å²) in [6, 6.07) is 3.35. The van der Waals surface area contributed by atoms with Crippen molar-refractivity contribution in [3.8, 4) is 5.75 Å². The highest BCUT2D eigenvalue weighted by molar-refractivity contribution is 6.05. The number of pyridine rings is 2. The minimum absolute atomic E-state index is 0.0974. The van der Waals surface area contributed by atoms with Crippen LogP contribution < -0.4 is 10.1 Å². The summed E-state index contributed by atoms with van der Waals surface area (Å²) in [4.78, 5) is 39.1. The van der Waals surface area contributed by atoms with Crippen molar-refractivity contribution in [2.24, 2.45) is 0 Å². The number of hydrogen-bond acceptors (Lipinski definition) is 7. The maximum Gasteiger partial charge on any atom is 0.278 e. The molecule has 0 aromatic carbocycles. The molecule has 1 aliphatic heterocycles. The number of ether oxygens (including phenoxy) is 1. The molecular weight excluding hydrogens is 436 g/mol. The van der Waals surface area contributed by atoms with Crippen LogP contribution in [-0.4, -0.2) is 44.2 Å². The van der Waals surface area contributed by atoms with Crippen molar-refractivity contribution in [3.05, 3.63) is 65.3 Å². The fourth-order valence-electron chi connectivity index (χ4n) is 3.39. The van der Waals surface area contributed by atoms with E-state index in [0.717, 1.165) is 18.9 Å². The zero-order chi connectivity index (χ0) is 23.6. The van der Waals surface area contributed by atoms with Crippen LogP contribution in [0, 0.1) is 6.92 Å². The summed E-state index contributed by atoms with van der Waals surface area (Å²) >= 11 is 0. The van der Waals surface area contributed by atoms with Gasteiger partial charge in [0, 0.05) is 23.7 Å². The summed E-state index contributed by atoms with van der Waals surface area (Å²) < 4.78 is 36.2. The van der Waals surface area contributed by atoms with Gasteiger partial charge in [-0.25, -0.2) is 18.7 Å². The molecule has 2 amide bonds. The Kier molecular flexibility index (Phi) is 6.03. The summed E-state index contributed by atoms with van der Waals surface area (Å²) in [6.07, 6.45) is 4.89. The molecule has 3 aromatic heterocycles. The zero-order valence-electron chi connectivity index (χ0n) is 18.0. The average molecular weight is 457 g/mol. The molecular formula is C22H21F2N5O4. The van der Waals surface area contributed by atoms with E-state index in [1.54, 1.807) is 24.0 Å². The molecule has 0 bridgehead atoms. The Morgan fingerprint density at radius 3 is 2.85 bits per heavy atom. The fraction of sp³-hybridized carbons (Fsp3) is 0.318. The van der Waals surface area contributed by atoms with Crippen molar-refractivity contribution in [3.63, 3.8) is 0 Å². The maximum absolute atomic E-state index is 13.0. The van der Waals surface area contributed by atoms with Crippen molar-refractivity contribution in [2.75, 3.05) is 11.9 Å². The molecule has 172 valence electrons. The van der Waals surface area contributed by atoms with Crippen molar-refractivity contribution in [1.82, 2.24) is 19.9 Å². The second-order valence-electron chi connectivity index (χ2n) is 7.78. The van der Waals surface area contributed by atoms with Crippen molar-refractivity contribution < 1.29 is 27.5 Å². The van der Waals surface area contributed by atoms with E-state index in [0.29, 0.717) is 22.6 Å². The number of aryl methyl sites for hydroxylation is 1. The Hall–Kier alpha value is -3.89. The quantitative estimate of drug-likeness (QED) is 0.550. The van der Waals surface area contributed by atoms with Crippen LogP contribution in [0.25, 0.3) is 0 Å². The van der Waals surface area contributed by atoms with Crippen LogP contribution >= 0.6 is 0 Å². The number of carbonyl (C=O) groups is 2. The molecule has 4 heterocycles. The van der Waals surface area contributed by atoms with Gasteiger partial charge in [0.2, 0.25) is 5.92 Å². The molecule has 1 N–H and O–H groups in total. The van der Waals surface area contributed by atoms with E-state index in [1.165, 1.54) is 18.7 Å². The first-order valence-corrected chi connectivity index (χ1v) is 10.1. The third kappa shape index (κ3) is 5.13. The Morgan fingerprint density at radius 2 is 2.15 bits per heavy atom. The van der Waals surface area contributed by atoms with E-state index in [2.05, 4.69) is 20.3 Å². The number of rotatable bonds is 8. The number of amides is 2. The van der Waals surface area contributed by atoms with Crippen LogP contribution in [0.3, 0.4) is 0 Å². The molecule has 0 unspecified atom stereocenters. The number of hydrogen-bond donors (Lipinski definition) is 1. The summed E-state index contributed by atoms with van der Waals surface area (Å²) in [5, 5.41) is 2.66. The van der Waals surface area contributed by atoms with Crippen LogP contribution in [0.2, 0.25) is 0 Å². The van der Waals surface area contributed by atoms with Crippen LogP contribution in [0.5, 0.6) is 5.75 Å². The first kappa shape index (κ1) is 22.3. The van der Waals surface area contributed by atoms with Gasteiger partial charge in [-0.1, -0.05) is 0 Å². The van der Waals surface area contributed by atoms with Gasteiger partial charge in [-0.15, -0.1) is 0 Å². The number of carbonyl (C=O) groups excluding carboxylic acids is 2. The molecule has 0 atom stereocenters. The van der Waals surface area contributed by atoms with Gasteiger partial charge in [0.25, 0.3) is 11.8 Å². The average Bonchev–Trinajstić information content (AvgIpc) is 3.39. The lowest BCUT2D eigenvalue weighted by Crippen LogP contribution is -2.24. The monoisotopic (exact) mass is 457 g/mol. The Bertz CT molecular complexity index is 1180. The molecule has 0 saturated heterocycles. The molecule has 9 nitrogen and oxygen atoms in total. The maximum atomic E-state index is 13.0. The third-order valence-electron chi connectivity index (χ3n) is 5.09. The first-order valence-electron chi connectivity index (χ1n) is 10.1. The Balaban J connectivity index is 1.43. The SMILES string of the molecule is Cc1cc(CN2Cc3c(ccnc3NC(=O)c3cocn3)C2=O)ncc1OCCC(C)(F)F. The van der Waals surface area contributed by atoms with Crippen LogP contribution in [0.4, 0.5) is 14.6 Å². The number of anilines is 1. The van der Waals surface area contributed by atoms with Gasteiger partial charge in [-0.2, -0.15) is 0 Å². The van der Waals surface area contributed by atoms with Crippen LogP contribution in [0.15, 0.2) is 41.6 Å². The number of alkyl halides is 2. The molecule has 0 radical (unpaired) electrons. The van der Waals surface area contributed by atoms with Gasteiger partial charge in [-0.05, 0) is 31.5 Å². The number of aromatic nitrogens is 3. The van der Waals surface area contributed by atoms with Crippen molar-refractivity contribution in [1.29, 1.82) is 0 Å². The van der Waals surface area contributed by atoms with Gasteiger partial charge in [0.1, 0.15) is 17.8 Å². The molecule has 4 rings (SSSR count). The van der Waals surface area contributed by atoms with Crippen LogP contribution in [-0.2, 0) is 13.1 Å². The van der Waals surface area contributed by atoms with Crippen molar-refractivity contribution >= 4 is 17.6 Å². The molecule has 3 aromatic rings. The third-order valence-corrected chi connectivity index (χ3v) is 5.09. The number of nitrogens with one attached hydrogen (secondary N) is 1. The second-order valence-corrected chi connectivity index (χ2v) is 7.78. The van der Waals surface area contributed by atoms with Gasteiger partial charge in [-0.3, -0.25) is 14.6 Å². The number of nitrogens with zero attached hydrogens (tertiary/aromatic N) is 4. The minimum atomic E-state index is -2.80. The topological polar surface area (TPSA) is 110 Å². The summed E-state index contributed by atoms with van der Waals surface area (Å²) in [7, 11) is 0. The second kappa shape index (κ2) is 8.93. The number of halogens is 2.